The molecule has 0 fully saturated rings. The fourth-order valence-electron chi connectivity index (χ4n) is 10.1. The third-order valence-corrected chi connectivity index (χ3v) is 12.9. The van der Waals surface area contributed by atoms with Crippen LogP contribution in [0.1, 0.15) is 34.7 Å². The zero-order chi connectivity index (χ0) is 40.7. The zero-order valence-corrected chi connectivity index (χ0v) is 33.6. The number of benzene rings is 9. The molecule has 9 aromatic rings. The lowest BCUT2D eigenvalue weighted by Crippen LogP contribution is -2.25. The molecule has 1 heterocycles. The molecule has 9 aromatic carbocycles. The Bertz CT molecular complexity index is 3240. The van der Waals surface area contributed by atoms with E-state index in [2.05, 4.69) is 206 Å². The maximum Gasteiger partial charge on any atom is 0.194 e. The highest BCUT2D eigenvalue weighted by Crippen LogP contribution is 2.65. The van der Waals surface area contributed by atoms with E-state index in [1.807, 2.05) is 18.2 Å². The Morgan fingerprint density at radius 3 is 1.72 bits per heavy atom. The highest BCUT2D eigenvalue weighted by molar-refractivity contribution is 5.96. The van der Waals surface area contributed by atoms with Gasteiger partial charge in [0, 0.05) is 11.4 Å². The summed E-state index contributed by atoms with van der Waals surface area (Å²) in [5.74, 6) is 2.74. The molecule has 3 nitrogen and oxygen atoms in total. The molecular formula is C58H39NO2. The fourth-order valence-corrected chi connectivity index (χ4v) is 10.1. The average Bonchev–Trinajstić information content (AvgIpc) is 3.77. The molecule has 0 unspecified atom stereocenters. The van der Waals surface area contributed by atoms with Gasteiger partial charge in [-0.25, -0.2) is 0 Å². The summed E-state index contributed by atoms with van der Waals surface area (Å²) in [7, 11) is 0. The van der Waals surface area contributed by atoms with Crippen molar-refractivity contribution >= 4 is 33.4 Å². The van der Waals surface area contributed by atoms with Gasteiger partial charge in [-0.2, -0.15) is 0 Å². The van der Waals surface area contributed by atoms with Crippen molar-refractivity contribution in [3.8, 4) is 56.4 Å². The predicted molar refractivity (Wildman–Crippen MR) is 251 cm³/mol. The van der Waals surface area contributed by atoms with Crippen molar-refractivity contribution in [2.75, 3.05) is 4.90 Å². The Morgan fingerprint density at radius 2 is 1.05 bits per heavy atom. The summed E-state index contributed by atoms with van der Waals surface area (Å²) in [6.07, 6.45) is 3.87. The second-order valence-corrected chi connectivity index (χ2v) is 16.1. The first kappa shape index (κ1) is 35.1. The number of allylic oxidation sites excluding steroid dienone is 3. The molecule has 0 atom stereocenters. The lowest BCUT2D eigenvalue weighted by atomic mass is 9.70. The van der Waals surface area contributed by atoms with Crippen LogP contribution >= 0.6 is 0 Å². The van der Waals surface area contributed by atoms with Gasteiger partial charge < -0.3 is 14.4 Å². The molecular weight excluding hydrogens is 743 g/mol. The van der Waals surface area contributed by atoms with E-state index < -0.39 is 5.41 Å². The van der Waals surface area contributed by atoms with E-state index in [4.69, 9.17) is 9.47 Å². The lowest BCUT2D eigenvalue weighted by Gasteiger charge is -2.32. The quantitative estimate of drug-likeness (QED) is 0.157. The van der Waals surface area contributed by atoms with Crippen molar-refractivity contribution in [2.45, 2.75) is 12.3 Å². The summed E-state index contributed by atoms with van der Waals surface area (Å²) in [6, 6.07) is 69.9. The molecule has 0 bridgehead atoms. The highest BCUT2D eigenvalue weighted by atomic mass is 16.6. The van der Waals surface area contributed by atoms with Crippen LogP contribution in [0, 0.1) is 0 Å². The fraction of sp³-hybridized carbons (Fsp3) is 0.0345. The number of anilines is 3. The minimum absolute atomic E-state index is 0.488. The van der Waals surface area contributed by atoms with E-state index in [1.165, 1.54) is 61.0 Å². The summed E-state index contributed by atoms with van der Waals surface area (Å²) in [5.41, 5.74) is 17.1. The van der Waals surface area contributed by atoms with Crippen molar-refractivity contribution in [1.29, 1.82) is 0 Å². The number of fused-ring (bicyclic) bond motifs is 13. The van der Waals surface area contributed by atoms with Crippen LogP contribution in [-0.2, 0) is 5.41 Å². The summed E-state index contributed by atoms with van der Waals surface area (Å²) < 4.78 is 14.1. The van der Waals surface area contributed by atoms with Gasteiger partial charge in [0.25, 0.3) is 0 Å². The molecule has 0 N–H and O–H groups in total. The Kier molecular flexibility index (Phi) is 7.82. The Balaban J connectivity index is 0.996. The van der Waals surface area contributed by atoms with Crippen molar-refractivity contribution in [3.63, 3.8) is 0 Å². The smallest absolute Gasteiger partial charge is 0.194 e. The second kappa shape index (κ2) is 13.6. The Hall–Kier alpha value is -7.88. The average molecular weight is 782 g/mol. The number of para-hydroxylation sites is 1. The molecule has 61 heavy (non-hydrogen) atoms. The van der Waals surface area contributed by atoms with E-state index >= 15 is 0 Å². The molecule has 0 saturated heterocycles. The second-order valence-electron chi connectivity index (χ2n) is 16.1. The van der Waals surface area contributed by atoms with E-state index in [1.54, 1.807) is 0 Å². The highest BCUT2D eigenvalue weighted by Gasteiger charge is 2.52. The number of rotatable bonds is 6. The van der Waals surface area contributed by atoms with E-state index in [0.717, 1.165) is 33.6 Å². The van der Waals surface area contributed by atoms with Crippen LogP contribution in [-0.4, -0.2) is 0 Å². The van der Waals surface area contributed by atoms with Gasteiger partial charge in [0.05, 0.1) is 11.1 Å². The van der Waals surface area contributed by atoms with Crippen molar-refractivity contribution in [2.24, 2.45) is 0 Å². The number of nitrogens with zero attached hydrogens (tertiary/aromatic N) is 1. The Labute approximate surface area is 355 Å². The van der Waals surface area contributed by atoms with Crippen molar-refractivity contribution < 1.29 is 9.47 Å². The first-order valence-corrected chi connectivity index (χ1v) is 20.9. The normalized spacial score (nSPS) is 13.6. The molecule has 0 aromatic heterocycles. The maximum atomic E-state index is 7.19. The molecule has 1 spiro atoms. The minimum Gasteiger partial charge on any atom is -0.449 e. The molecule has 1 aliphatic heterocycles. The summed E-state index contributed by atoms with van der Waals surface area (Å²) in [6.45, 7) is 5.97. The van der Waals surface area contributed by atoms with Crippen LogP contribution < -0.4 is 14.4 Å². The van der Waals surface area contributed by atoms with Gasteiger partial charge in [0.2, 0.25) is 0 Å². The first-order chi connectivity index (χ1) is 30.1. The van der Waals surface area contributed by atoms with E-state index in [-0.39, 0.29) is 0 Å². The molecule has 288 valence electrons. The monoisotopic (exact) mass is 781 g/mol. The van der Waals surface area contributed by atoms with Crippen LogP contribution in [0.15, 0.2) is 213 Å². The molecule has 0 saturated carbocycles. The van der Waals surface area contributed by atoms with Gasteiger partial charge in [0.1, 0.15) is 0 Å². The van der Waals surface area contributed by atoms with Crippen LogP contribution in [0.4, 0.5) is 17.1 Å². The van der Waals surface area contributed by atoms with E-state index in [0.29, 0.717) is 23.0 Å². The molecule has 12 rings (SSSR count). The number of hydrogen-bond acceptors (Lipinski definition) is 3. The van der Waals surface area contributed by atoms with Crippen molar-refractivity contribution in [1.82, 2.24) is 0 Å². The van der Waals surface area contributed by atoms with Gasteiger partial charge in [-0.1, -0.05) is 164 Å². The summed E-state index contributed by atoms with van der Waals surface area (Å²) in [5, 5.41) is 2.35. The SMILES string of the molecule is C=C/C=C(\C)c1ccc(-c2ccc(N(c3ccc4ccccc4c3)c3cccc4c3Oc3cc5c(cc3O4)-c3ccccc3C53c4ccccc4-c4ccccc43)cc2)cc1. The summed E-state index contributed by atoms with van der Waals surface area (Å²) >= 11 is 0. The van der Waals surface area contributed by atoms with Crippen LogP contribution in [0.3, 0.4) is 0 Å². The van der Waals surface area contributed by atoms with Gasteiger partial charge in [-0.3, -0.25) is 0 Å². The molecule has 0 amide bonds. The van der Waals surface area contributed by atoms with Gasteiger partial charge in [-0.15, -0.1) is 0 Å². The van der Waals surface area contributed by atoms with Crippen LogP contribution in [0.2, 0.25) is 0 Å². The van der Waals surface area contributed by atoms with Gasteiger partial charge in [0.15, 0.2) is 23.0 Å². The zero-order valence-electron chi connectivity index (χ0n) is 33.6. The molecule has 3 aliphatic rings. The maximum absolute atomic E-state index is 7.19. The molecule has 0 radical (unpaired) electrons. The first-order valence-electron chi connectivity index (χ1n) is 20.9. The lowest BCUT2D eigenvalue weighted by molar-refractivity contribution is 0.360. The predicted octanol–water partition coefficient (Wildman–Crippen LogP) is 15.8. The van der Waals surface area contributed by atoms with Gasteiger partial charge >= 0.3 is 0 Å². The molecule has 2 aliphatic carbocycles. The third-order valence-electron chi connectivity index (χ3n) is 12.9. The van der Waals surface area contributed by atoms with E-state index in [9.17, 15) is 0 Å². The number of ether oxygens (including phenoxy) is 2. The van der Waals surface area contributed by atoms with Crippen LogP contribution in [0.25, 0.3) is 49.7 Å². The molecule has 3 heteroatoms. The minimum atomic E-state index is -0.488. The van der Waals surface area contributed by atoms with Gasteiger partial charge in [-0.05, 0) is 133 Å². The van der Waals surface area contributed by atoms with Crippen molar-refractivity contribution in [3.05, 3.63) is 241 Å². The third kappa shape index (κ3) is 5.24. The summed E-state index contributed by atoms with van der Waals surface area (Å²) in [4.78, 5) is 2.28. The Morgan fingerprint density at radius 1 is 0.475 bits per heavy atom. The number of hydrogen-bond donors (Lipinski definition) is 0. The topological polar surface area (TPSA) is 21.7 Å². The standard InChI is InChI=1S/C58H39NO2/c1-3-13-37(2)38-24-26-40(27-25-38)41-28-31-43(32-29-41)59(44-33-30-39-14-4-5-15-42(39)34-44)53-22-12-23-54-57(53)61-56-36-52-48(35-55(56)60-54)47-18-8-11-21-51(47)58(52)49-19-9-6-16-45(49)46-17-7-10-20-50(46)58/h3-36H,1H2,2H3/b37-13+. The van der Waals surface area contributed by atoms with Crippen LogP contribution in [0.5, 0.6) is 23.0 Å². The largest absolute Gasteiger partial charge is 0.449 e.